The maximum absolute atomic E-state index is 14.4. The van der Waals surface area contributed by atoms with Gasteiger partial charge in [-0.1, -0.05) is 43.2 Å². The molecule has 2 aliphatic heterocycles. The Morgan fingerprint density at radius 2 is 1.79 bits per heavy atom. The Morgan fingerprint density at radius 3 is 2.53 bits per heavy atom. The standard InChI is InChI=1S/C47H57ClN9O9PS/c1-47(2)16-14-34(39(29-47)32-6-8-35(48)9-7-32)30-54-21-23-55(24-22-54)36-10-12-38(41(27-36)56-20-5-25-66-46-43(56)26-33-15-18-50-44(33)51-46)45(58)52-68(64,65)37-11-13-40(42(28-37)57(59)60)49-17-4-19-53(3)31-67(61,62)63/h6-13,15,18,26-28,49H,4-5,14,16-17,19-25,29-31H2,1-3H3,(H,50,51)(H,52,58)(H2,61,62,63). The quantitative estimate of drug-likeness (QED) is 0.0275. The number of rotatable bonds is 16. The van der Waals surface area contributed by atoms with E-state index in [-0.39, 0.29) is 29.8 Å². The van der Waals surface area contributed by atoms with E-state index < -0.39 is 45.3 Å². The van der Waals surface area contributed by atoms with Crippen LogP contribution in [0, 0.1) is 15.5 Å². The van der Waals surface area contributed by atoms with E-state index in [9.17, 15) is 37.7 Å². The first-order valence-corrected chi connectivity index (χ1v) is 26.3. The van der Waals surface area contributed by atoms with Crippen molar-refractivity contribution in [3.8, 4) is 5.88 Å². The third-order valence-corrected chi connectivity index (χ3v) is 15.2. The number of nitro benzene ring substituents is 1. The van der Waals surface area contributed by atoms with Crippen molar-refractivity contribution in [3.05, 3.63) is 111 Å². The Kier molecular flexibility index (Phi) is 14.5. The van der Waals surface area contributed by atoms with E-state index >= 15 is 0 Å². The molecule has 18 nitrogen and oxygen atoms in total. The molecule has 1 aliphatic carbocycles. The Morgan fingerprint density at radius 1 is 1.03 bits per heavy atom. The zero-order valence-corrected chi connectivity index (χ0v) is 40.7. The first-order chi connectivity index (χ1) is 32.3. The Labute approximate surface area is 400 Å². The summed E-state index contributed by atoms with van der Waals surface area (Å²) in [7, 11) is -7.35. The van der Waals surface area contributed by atoms with Crippen molar-refractivity contribution in [3.63, 3.8) is 0 Å². The second kappa shape index (κ2) is 20.2. The molecule has 21 heteroatoms. The number of nitrogens with one attached hydrogen (secondary N) is 3. The number of allylic oxidation sites excluding steroid dienone is 1. The minimum absolute atomic E-state index is 0.0432. The SMILES string of the molecule is CN(CCCNc1ccc(S(=O)(=O)NC(=O)c2ccc(N3CCN(CC4=C(c5ccc(Cl)cc5)CC(C)(C)CC4)CC3)cc2N2CCCOc3nc4[nH]ccc4cc32)cc1[N+](=O)[O-])CP(=O)(O)O. The normalized spacial score (nSPS) is 16.9. The number of benzene rings is 3. The second-order valence-corrected chi connectivity index (χ2v) is 22.2. The number of H-pyrrole nitrogens is 1. The van der Waals surface area contributed by atoms with Crippen LogP contribution in [0.4, 0.5) is 28.4 Å². The molecule has 0 spiro atoms. The largest absolute Gasteiger partial charge is 0.476 e. The number of pyridine rings is 1. The van der Waals surface area contributed by atoms with Gasteiger partial charge in [0.25, 0.3) is 21.6 Å². The predicted octanol–water partition coefficient (Wildman–Crippen LogP) is 7.82. The number of hydrogen-bond acceptors (Lipinski definition) is 13. The van der Waals surface area contributed by atoms with E-state index in [0.29, 0.717) is 48.9 Å². The summed E-state index contributed by atoms with van der Waals surface area (Å²) >= 11 is 6.27. The number of fused-ring (bicyclic) bond motifs is 2. The number of carbonyl (C=O) groups is 1. The molecule has 8 rings (SSSR count). The molecule has 2 aromatic heterocycles. The lowest BCUT2D eigenvalue weighted by Gasteiger charge is -2.39. The number of aromatic amines is 1. The van der Waals surface area contributed by atoms with Gasteiger partial charge in [-0.2, -0.15) is 4.98 Å². The zero-order valence-electron chi connectivity index (χ0n) is 38.3. The van der Waals surface area contributed by atoms with Crippen LogP contribution in [0.15, 0.2) is 89.5 Å². The van der Waals surface area contributed by atoms with Gasteiger partial charge in [0.05, 0.1) is 27.7 Å². The van der Waals surface area contributed by atoms with Crippen molar-refractivity contribution in [2.24, 2.45) is 5.41 Å². The minimum Gasteiger partial charge on any atom is -0.476 e. The first kappa shape index (κ1) is 48.9. The van der Waals surface area contributed by atoms with Crippen LogP contribution in [0.1, 0.15) is 61.9 Å². The molecule has 0 bridgehead atoms. The molecular formula is C47H57ClN9O9PS. The molecular weight excluding hydrogens is 933 g/mol. The highest BCUT2D eigenvalue weighted by Crippen LogP contribution is 2.44. The summed E-state index contributed by atoms with van der Waals surface area (Å²) in [6, 6.07) is 20.6. The van der Waals surface area contributed by atoms with E-state index in [0.717, 1.165) is 74.1 Å². The monoisotopic (exact) mass is 989 g/mol. The highest BCUT2D eigenvalue weighted by Gasteiger charge is 2.32. The van der Waals surface area contributed by atoms with Crippen LogP contribution >= 0.6 is 19.2 Å². The van der Waals surface area contributed by atoms with Gasteiger partial charge >= 0.3 is 7.60 Å². The molecule has 0 unspecified atom stereocenters. The maximum Gasteiger partial charge on any atom is 0.339 e. The van der Waals surface area contributed by atoms with Crippen molar-refractivity contribution in [1.29, 1.82) is 0 Å². The summed E-state index contributed by atoms with van der Waals surface area (Å²) in [4.78, 5) is 59.8. The number of halogens is 1. The summed E-state index contributed by atoms with van der Waals surface area (Å²) < 4.78 is 47.5. The van der Waals surface area contributed by atoms with Crippen LogP contribution < -0.4 is 24.6 Å². The second-order valence-electron chi connectivity index (χ2n) is 18.5. The van der Waals surface area contributed by atoms with Crippen LogP contribution in [0.25, 0.3) is 16.6 Å². The molecule has 5 N–H and O–H groups in total. The molecule has 5 aromatic rings. The molecule has 3 aliphatic rings. The number of amides is 1. The lowest BCUT2D eigenvalue weighted by atomic mass is 9.72. The fourth-order valence-electron chi connectivity index (χ4n) is 9.22. The van der Waals surface area contributed by atoms with E-state index in [2.05, 4.69) is 50.8 Å². The topological polar surface area (TPSA) is 227 Å². The molecule has 1 fully saturated rings. The molecule has 1 saturated heterocycles. The molecule has 4 heterocycles. The lowest BCUT2D eigenvalue weighted by molar-refractivity contribution is -0.384. The van der Waals surface area contributed by atoms with E-state index in [4.69, 9.17) is 21.3 Å². The zero-order chi connectivity index (χ0) is 48.4. The number of hydrogen-bond donors (Lipinski definition) is 5. The van der Waals surface area contributed by atoms with Gasteiger partial charge in [-0.15, -0.1) is 0 Å². The summed E-state index contributed by atoms with van der Waals surface area (Å²) in [6.45, 7) is 9.87. The number of carbonyl (C=O) groups excluding carboxylic acids is 1. The van der Waals surface area contributed by atoms with Crippen LogP contribution in [0.5, 0.6) is 5.88 Å². The van der Waals surface area contributed by atoms with E-state index in [1.807, 2.05) is 41.3 Å². The van der Waals surface area contributed by atoms with Crippen molar-refractivity contribution in [2.45, 2.75) is 50.8 Å². The summed E-state index contributed by atoms with van der Waals surface area (Å²) in [6.07, 6.45) is 5.45. The third-order valence-electron chi connectivity index (χ3n) is 12.7. The molecule has 3 aromatic carbocycles. The molecule has 362 valence electrons. The van der Waals surface area contributed by atoms with Crippen LogP contribution in [0.2, 0.25) is 5.02 Å². The number of nitrogens with zero attached hydrogens (tertiary/aromatic N) is 6. The van der Waals surface area contributed by atoms with Gasteiger partial charge in [0.2, 0.25) is 5.88 Å². The van der Waals surface area contributed by atoms with Crippen molar-refractivity contribution >= 4 is 80.2 Å². The first-order valence-electron chi connectivity index (χ1n) is 22.6. The maximum atomic E-state index is 14.4. The fourth-order valence-corrected chi connectivity index (χ4v) is 11.1. The van der Waals surface area contributed by atoms with Crippen LogP contribution in [-0.4, -0.2) is 121 Å². The summed E-state index contributed by atoms with van der Waals surface area (Å²) in [5, 5.41) is 16.6. The van der Waals surface area contributed by atoms with E-state index in [1.165, 1.54) is 33.7 Å². The van der Waals surface area contributed by atoms with Crippen molar-refractivity contribution in [2.75, 3.05) is 87.4 Å². The van der Waals surface area contributed by atoms with E-state index in [1.54, 1.807) is 19.3 Å². The minimum atomic E-state index is -4.65. The lowest BCUT2D eigenvalue weighted by Crippen LogP contribution is -2.47. The highest BCUT2D eigenvalue weighted by atomic mass is 35.5. The molecule has 1 amide bonds. The summed E-state index contributed by atoms with van der Waals surface area (Å²) in [5.41, 5.74) is 6.41. The van der Waals surface area contributed by atoms with Gasteiger partial charge < -0.3 is 34.6 Å². The molecule has 0 atom stereocenters. The average molecular weight is 991 g/mol. The number of aromatic nitrogens is 2. The number of piperazine rings is 1. The van der Waals surface area contributed by atoms with Gasteiger partial charge in [0.1, 0.15) is 23.3 Å². The highest BCUT2D eigenvalue weighted by molar-refractivity contribution is 7.90. The predicted molar refractivity (Wildman–Crippen MR) is 265 cm³/mol. The fraction of sp³-hybridized carbons (Fsp3) is 0.404. The Hall–Kier alpha value is -5.53. The number of nitro groups is 1. The Balaban J connectivity index is 1.04. The average Bonchev–Trinajstić information content (AvgIpc) is 3.65. The molecule has 68 heavy (non-hydrogen) atoms. The molecule has 0 radical (unpaired) electrons. The number of anilines is 4. The number of ether oxygens (including phenoxy) is 1. The van der Waals surface area contributed by atoms with Crippen LogP contribution in [-0.2, 0) is 14.6 Å². The van der Waals surface area contributed by atoms with Gasteiger partial charge in [0.15, 0.2) is 0 Å². The van der Waals surface area contributed by atoms with Gasteiger partial charge in [-0.05, 0) is 110 Å². The summed E-state index contributed by atoms with van der Waals surface area (Å²) in [5.74, 6) is -0.563. The van der Waals surface area contributed by atoms with Gasteiger partial charge in [-0.3, -0.25) is 29.3 Å². The van der Waals surface area contributed by atoms with Gasteiger partial charge in [0, 0.05) is 80.7 Å². The van der Waals surface area contributed by atoms with Crippen LogP contribution in [0.3, 0.4) is 0 Å². The smallest absolute Gasteiger partial charge is 0.339 e. The van der Waals surface area contributed by atoms with Crippen molar-refractivity contribution in [1.82, 2.24) is 24.5 Å². The number of sulfonamides is 1. The van der Waals surface area contributed by atoms with Gasteiger partial charge in [-0.25, -0.2) is 13.1 Å². The third kappa shape index (κ3) is 11.7. The molecule has 0 saturated carbocycles. The van der Waals surface area contributed by atoms with Crippen molar-refractivity contribution < 1.29 is 37.2 Å². The Bertz CT molecular complexity index is 2880.